The van der Waals surface area contributed by atoms with E-state index in [1.807, 2.05) is 0 Å². The van der Waals surface area contributed by atoms with Crippen molar-refractivity contribution in [3.63, 3.8) is 0 Å². The number of unbranched alkanes of at least 4 members (excludes halogenated alkanes) is 34. The van der Waals surface area contributed by atoms with Crippen LogP contribution in [-0.2, 0) is 14.3 Å². The first-order valence-corrected chi connectivity index (χ1v) is 24.3. The average Bonchev–Trinajstić information content (AvgIpc) is 3.17. The van der Waals surface area contributed by atoms with Crippen molar-refractivity contribution in [3.05, 3.63) is 0 Å². The lowest BCUT2D eigenvalue weighted by Gasteiger charge is -2.22. The maximum Gasteiger partial charge on any atom is 0.305 e. The van der Waals surface area contributed by atoms with Gasteiger partial charge in [-0.2, -0.15) is 0 Å². The Balaban J connectivity index is 3.47. The topological polar surface area (TPSA) is 95.9 Å². The number of amides is 1. The number of ether oxygens (including phenoxy) is 1. The maximum absolute atomic E-state index is 12.4. The van der Waals surface area contributed by atoms with E-state index >= 15 is 0 Å². The molecule has 0 saturated carbocycles. The minimum Gasteiger partial charge on any atom is -0.466 e. The molecule has 0 aliphatic rings. The first-order valence-electron chi connectivity index (χ1n) is 24.3. The molecule has 0 spiro atoms. The third kappa shape index (κ3) is 40.5. The molecule has 0 aliphatic carbocycles. The second-order valence-corrected chi connectivity index (χ2v) is 16.8. The first kappa shape index (κ1) is 52.9. The Hall–Kier alpha value is -1.14. The van der Waals surface area contributed by atoms with Gasteiger partial charge in [-0.1, -0.05) is 232 Å². The Kier molecular flexibility index (Phi) is 43.6. The summed E-state index contributed by atoms with van der Waals surface area (Å²) in [4.78, 5) is 24.4. The molecule has 322 valence electrons. The number of carbonyl (C=O) groups is 2. The van der Waals surface area contributed by atoms with Gasteiger partial charge in [-0.05, 0) is 25.7 Å². The monoisotopic (exact) mass is 766 g/mol. The number of aliphatic hydroxyl groups is 2. The van der Waals surface area contributed by atoms with E-state index in [0.717, 1.165) is 57.8 Å². The Labute approximate surface area is 336 Å². The van der Waals surface area contributed by atoms with Crippen LogP contribution in [-0.4, -0.2) is 47.4 Å². The summed E-state index contributed by atoms with van der Waals surface area (Å²) >= 11 is 0. The van der Waals surface area contributed by atoms with Crippen LogP contribution in [0.2, 0.25) is 0 Å². The smallest absolute Gasteiger partial charge is 0.305 e. The Morgan fingerprint density at radius 2 is 0.759 bits per heavy atom. The van der Waals surface area contributed by atoms with Crippen molar-refractivity contribution < 1.29 is 24.5 Å². The molecule has 0 aromatic rings. The van der Waals surface area contributed by atoms with Crippen LogP contribution >= 0.6 is 0 Å². The average molecular weight is 766 g/mol. The van der Waals surface area contributed by atoms with E-state index in [9.17, 15) is 19.8 Å². The molecule has 0 fully saturated rings. The second-order valence-electron chi connectivity index (χ2n) is 16.8. The lowest BCUT2D eigenvalue weighted by atomic mass is 10.0. The third-order valence-electron chi connectivity index (χ3n) is 11.4. The van der Waals surface area contributed by atoms with Gasteiger partial charge in [-0.3, -0.25) is 9.59 Å². The summed E-state index contributed by atoms with van der Waals surface area (Å²) in [7, 11) is 0. The van der Waals surface area contributed by atoms with Crippen molar-refractivity contribution in [3.8, 4) is 0 Å². The first-order chi connectivity index (χ1) is 26.5. The van der Waals surface area contributed by atoms with Crippen LogP contribution in [0, 0.1) is 0 Å². The molecule has 2 unspecified atom stereocenters. The number of hydrogen-bond donors (Lipinski definition) is 3. The molecule has 0 aromatic carbocycles. The number of carbonyl (C=O) groups excluding carboxylic acids is 2. The Bertz CT molecular complexity index is 761. The quantitative estimate of drug-likeness (QED) is 0.0424. The van der Waals surface area contributed by atoms with E-state index < -0.39 is 12.1 Å². The van der Waals surface area contributed by atoms with E-state index in [-0.39, 0.29) is 18.5 Å². The van der Waals surface area contributed by atoms with Gasteiger partial charge in [-0.25, -0.2) is 0 Å². The van der Waals surface area contributed by atoms with Crippen molar-refractivity contribution in [2.24, 2.45) is 0 Å². The normalized spacial score (nSPS) is 12.6. The Morgan fingerprint density at radius 3 is 1.13 bits per heavy atom. The second kappa shape index (κ2) is 44.6. The van der Waals surface area contributed by atoms with Gasteiger partial charge in [0.15, 0.2) is 0 Å². The van der Waals surface area contributed by atoms with Crippen molar-refractivity contribution in [2.45, 2.75) is 283 Å². The zero-order valence-corrected chi connectivity index (χ0v) is 36.5. The van der Waals surface area contributed by atoms with Gasteiger partial charge < -0.3 is 20.3 Å². The van der Waals surface area contributed by atoms with Gasteiger partial charge >= 0.3 is 5.97 Å². The lowest BCUT2D eigenvalue weighted by molar-refractivity contribution is -0.143. The maximum atomic E-state index is 12.4. The fraction of sp³-hybridized carbons (Fsp3) is 0.958. The Morgan fingerprint density at radius 1 is 0.444 bits per heavy atom. The van der Waals surface area contributed by atoms with Gasteiger partial charge in [0.05, 0.1) is 25.4 Å². The largest absolute Gasteiger partial charge is 0.466 e. The number of nitrogens with one attached hydrogen (secondary N) is 1. The van der Waals surface area contributed by atoms with Gasteiger partial charge in [0.25, 0.3) is 0 Å². The molecular formula is C48H95NO5. The number of rotatable bonds is 45. The molecule has 0 aromatic heterocycles. The molecule has 6 heteroatoms. The van der Waals surface area contributed by atoms with Crippen molar-refractivity contribution >= 4 is 11.9 Å². The van der Waals surface area contributed by atoms with Gasteiger partial charge in [0, 0.05) is 12.8 Å². The summed E-state index contributed by atoms with van der Waals surface area (Å²) in [6, 6.07) is -0.553. The summed E-state index contributed by atoms with van der Waals surface area (Å²) in [6.07, 6.45) is 47.7. The van der Waals surface area contributed by atoms with E-state index in [1.54, 1.807) is 0 Å². The highest BCUT2D eigenvalue weighted by Gasteiger charge is 2.20. The van der Waals surface area contributed by atoms with E-state index in [2.05, 4.69) is 19.2 Å². The van der Waals surface area contributed by atoms with Gasteiger partial charge in [0.2, 0.25) is 5.91 Å². The van der Waals surface area contributed by atoms with Crippen molar-refractivity contribution in [1.82, 2.24) is 5.32 Å². The zero-order valence-electron chi connectivity index (χ0n) is 36.5. The predicted octanol–water partition coefficient (Wildman–Crippen LogP) is 14.0. The van der Waals surface area contributed by atoms with E-state index in [4.69, 9.17) is 4.74 Å². The van der Waals surface area contributed by atoms with Crippen LogP contribution < -0.4 is 5.32 Å². The van der Waals surface area contributed by atoms with Crippen LogP contribution in [0.3, 0.4) is 0 Å². The highest BCUT2D eigenvalue weighted by Crippen LogP contribution is 2.16. The SMILES string of the molecule is CCCCCCCCCCCCCCCCCC(O)C(CO)NC(=O)CCCCCCCCCCCCCOC(=O)CCCCCCCCCCCCC. The molecule has 0 heterocycles. The molecule has 0 saturated heterocycles. The fourth-order valence-electron chi connectivity index (χ4n) is 7.64. The van der Waals surface area contributed by atoms with Crippen LogP contribution in [0.4, 0.5) is 0 Å². The molecule has 0 aliphatic heterocycles. The summed E-state index contributed by atoms with van der Waals surface area (Å²) in [5.41, 5.74) is 0. The number of aliphatic hydroxyl groups excluding tert-OH is 2. The van der Waals surface area contributed by atoms with Crippen LogP contribution in [0.5, 0.6) is 0 Å². The van der Waals surface area contributed by atoms with Crippen LogP contribution in [0.25, 0.3) is 0 Å². The molecule has 54 heavy (non-hydrogen) atoms. The van der Waals surface area contributed by atoms with Gasteiger partial charge in [0.1, 0.15) is 0 Å². The molecule has 3 N–H and O–H groups in total. The van der Waals surface area contributed by atoms with E-state index in [1.165, 1.54) is 180 Å². The number of esters is 1. The standard InChI is InChI=1S/C48H95NO5/c1-3-5-7-9-11-13-15-16-17-18-21-24-28-32-36-40-46(51)45(44-50)49-47(52)41-37-33-29-25-22-19-23-27-31-35-39-43-54-48(53)42-38-34-30-26-20-14-12-10-8-6-4-2/h45-46,50-51H,3-44H2,1-2H3,(H,49,52). The van der Waals surface area contributed by atoms with Crippen LogP contribution in [0.1, 0.15) is 271 Å². The minimum absolute atomic E-state index is 0.0135. The fourth-order valence-corrected chi connectivity index (χ4v) is 7.64. The predicted molar refractivity (Wildman–Crippen MR) is 232 cm³/mol. The molecule has 0 bridgehead atoms. The molecule has 6 nitrogen and oxygen atoms in total. The summed E-state index contributed by atoms with van der Waals surface area (Å²) in [5, 5.41) is 23.2. The van der Waals surface area contributed by atoms with Crippen LogP contribution in [0.15, 0.2) is 0 Å². The van der Waals surface area contributed by atoms with Crippen molar-refractivity contribution in [2.75, 3.05) is 13.2 Å². The highest BCUT2D eigenvalue weighted by atomic mass is 16.5. The summed E-state index contributed by atoms with van der Waals surface area (Å²) < 4.78 is 5.44. The number of hydrogen-bond acceptors (Lipinski definition) is 5. The highest BCUT2D eigenvalue weighted by molar-refractivity contribution is 5.76. The molecule has 2 atom stereocenters. The van der Waals surface area contributed by atoms with Crippen molar-refractivity contribution in [1.29, 1.82) is 0 Å². The molecule has 0 rings (SSSR count). The molecule has 0 radical (unpaired) electrons. The minimum atomic E-state index is -0.674. The summed E-state index contributed by atoms with van der Waals surface area (Å²) in [5.74, 6) is -0.0656. The molecular weight excluding hydrogens is 671 g/mol. The molecule has 1 amide bonds. The summed E-state index contributed by atoms with van der Waals surface area (Å²) in [6.45, 7) is 4.91. The third-order valence-corrected chi connectivity index (χ3v) is 11.4. The van der Waals surface area contributed by atoms with E-state index in [0.29, 0.717) is 25.9 Å². The zero-order chi connectivity index (χ0) is 39.4. The van der Waals surface area contributed by atoms with Gasteiger partial charge in [-0.15, -0.1) is 0 Å². The lowest BCUT2D eigenvalue weighted by Crippen LogP contribution is -2.45.